The molecule has 0 aromatic heterocycles. The Balaban J connectivity index is 1.84. The smallest absolute Gasteiger partial charge is 0.255 e. The number of anilines is 1. The van der Waals surface area contributed by atoms with E-state index in [1.165, 1.54) is 0 Å². The molecule has 1 amide bonds. The molecule has 1 N–H and O–H groups in total. The van der Waals surface area contributed by atoms with Crippen LogP contribution < -0.4 is 10.1 Å². The fourth-order valence-electron chi connectivity index (χ4n) is 2.19. The van der Waals surface area contributed by atoms with Crippen molar-refractivity contribution in [2.24, 2.45) is 0 Å². The first-order valence-corrected chi connectivity index (χ1v) is 7.02. The second-order valence-electron chi connectivity index (χ2n) is 4.86. The SMILES string of the molecule is Cc1c(Cl)cccc1NC(=O)C1=Cc2ccccc2OC1. The van der Waals surface area contributed by atoms with E-state index in [-0.39, 0.29) is 12.5 Å². The van der Waals surface area contributed by atoms with Gasteiger partial charge in [-0.25, -0.2) is 0 Å². The highest BCUT2D eigenvalue weighted by atomic mass is 35.5. The Kier molecular flexibility index (Phi) is 3.67. The van der Waals surface area contributed by atoms with Crippen molar-refractivity contribution < 1.29 is 9.53 Å². The molecule has 0 bridgehead atoms. The second-order valence-corrected chi connectivity index (χ2v) is 5.27. The van der Waals surface area contributed by atoms with Gasteiger partial charge in [0.25, 0.3) is 5.91 Å². The van der Waals surface area contributed by atoms with Crippen molar-refractivity contribution in [3.05, 3.63) is 64.2 Å². The third-order valence-electron chi connectivity index (χ3n) is 3.44. The summed E-state index contributed by atoms with van der Waals surface area (Å²) < 4.78 is 5.59. The lowest BCUT2D eigenvalue weighted by Gasteiger charge is -2.18. The third-order valence-corrected chi connectivity index (χ3v) is 3.85. The van der Waals surface area contributed by atoms with Gasteiger partial charge >= 0.3 is 0 Å². The van der Waals surface area contributed by atoms with E-state index in [1.54, 1.807) is 6.07 Å². The van der Waals surface area contributed by atoms with Crippen molar-refractivity contribution >= 4 is 29.3 Å². The van der Waals surface area contributed by atoms with Crippen molar-refractivity contribution in [1.29, 1.82) is 0 Å². The molecule has 0 saturated heterocycles. The minimum atomic E-state index is -0.171. The first-order valence-electron chi connectivity index (χ1n) is 6.64. The number of nitrogens with one attached hydrogen (secondary N) is 1. The average molecular weight is 300 g/mol. The molecule has 2 aromatic carbocycles. The van der Waals surface area contributed by atoms with Crippen LogP contribution >= 0.6 is 11.6 Å². The highest BCUT2D eigenvalue weighted by Crippen LogP contribution is 2.27. The molecule has 3 rings (SSSR count). The van der Waals surface area contributed by atoms with Crippen molar-refractivity contribution in [2.75, 3.05) is 11.9 Å². The summed E-state index contributed by atoms with van der Waals surface area (Å²) in [5.41, 5.74) is 3.07. The Morgan fingerprint density at radius 2 is 2.00 bits per heavy atom. The minimum absolute atomic E-state index is 0.171. The lowest BCUT2D eigenvalue weighted by molar-refractivity contribution is -0.113. The molecule has 0 saturated carbocycles. The van der Waals surface area contributed by atoms with Gasteiger partial charge in [0.1, 0.15) is 12.4 Å². The van der Waals surface area contributed by atoms with Crippen molar-refractivity contribution in [3.8, 4) is 5.75 Å². The largest absolute Gasteiger partial charge is 0.488 e. The lowest BCUT2D eigenvalue weighted by atomic mass is 10.1. The highest BCUT2D eigenvalue weighted by Gasteiger charge is 2.17. The molecule has 0 unspecified atom stereocenters. The number of rotatable bonds is 2. The van der Waals surface area contributed by atoms with E-state index in [0.29, 0.717) is 16.3 Å². The number of ether oxygens (including phenoxy) is 1. The second kappa shape index (κ2) is 5.62. The van der Waals surface area contributed by atoms with Gasteiger partial charge in [0.05, 0.1) is 5.57 Å². The third kappa shape index (κ3) is 2.78. The maximum Gasteiger partial charge on any atom is 0.255 e. The van der Waals surface area contributed by atoms with Crippen LogP contribution in [0.25, 0.3) is 6.08 Å². The Hall–Kier alpha value is -2.26. The fraction of sp³-hybridized carbons (Fsp3) is 0.118. The van der Waals surface area contributed by atoms with Crippen LogP contribution in [0.2, 0.25) is 5.02 Å². The molecular formula is C17H14ClNO2. The van der Waals surface area contributed by atoms with Gasteiger partial charge in [0, 0.05) is 16.3 Å². The van der Waals surface area contributed by atoms with Crippen molar-refractivity contribution in [2.45, 2.75) is 6.92 Å². The fourth-order valence-corrected chi connectivity index (χ4v) is 2.37. The molecule has 1 aliphatic heterocycles. The highest BCUT2D eigenvalue weighted by molar-refractivity contribution is 6.31. The van der Waals surface area contributed by atoms with Gasteiger partial charge in [0.15, 0.2) is 0 Å². The van der Waals surface area contributed by atoms with Gasteiger partial charge in [-0.1, -0.05) is 35.9 Å². The zero-order chi connectivity index (χ0) is 14.8. The van der Waals surface area contributed by atoms with Gasteiger partial charge in [-0.3, -0.25) is 4.79 Å². The quantitative estimate of drug-likeness (QED) is 0.908. The first-order chi connectivity index (χ1) is 10.1. The van der Waals surface area contributed by atoms with Crippen LogP contribution in [0.5, 0.6) is 5.75 Å². The number of carbonyl (C=O) groups is 1. The summed E-state index contributed by atoms with van der Waals surface area (Å²) in [7, 11) is 0. The molecule has 3 nitrogen and oxygen atoms in total. The zero-order valence-electron chi connectivity index (χ0n) is 11.5. The number of para-hydroxylation sites is 1. The normalized spacial score (nSPS) is 13.0. The molecule has 0 radical (unpaired) electrons. The standard InChI is InChI=1S/C17H14ClNO2/c1-11-14(18)6-4-7-15(11)19-17(20)13-9-12-5-2-3-8-16(12)21-10-13/h2-9H,10H2,1H3,(H,19,20). The Morgan fingerprint density at radius 1 is 1.19 bits per heavy atom. The molecule has 0 spiro atoms. The van der Waals surface area contributed by atoms with Crippen molar-refractivity contribution in [1.82, 2.24) is 0 Å². The lowest BCUT2D eigenvalue weighted by Crippen LogP contribution is -2.21. The number of fused-ring (bicyclic) bond motifs is 1. The molecule has 1 aliphatic rings. The number of carbonyl (C=O) groups excluding carboxylic acids is 1. The van der Waals surface area contributed by atoms with Crippen molar-refractivity contribution in [3.63, 3.8) is 0 Å². The summed E-state index contributed by atoms with van der Waals surface area (Å²) in [6, 6.07) is 13.1. The molecular weight excluding hydrogens is 286 g/mol. The van der Waals surface area contributed by atoms with E-state index in [0.717, 1.165) is 16.9 Å². The van der Waals surface area contributed by atoms with Crippen LogP contribution in [-0.2, 0) is 4.79 Å². The molecule has 4 heteroatoms. The van der Waals surface area contributed by atoms with E-state index < -0.39 is 0 Å². The summed E-state index contributed by atoms with van der Waals surface area (Å²) in [4.78, 5) is 12.3. The summed E-state index contributed by atoms with van der Waals surface area (Å²) in [6.07, 6.45) is 1.86. The number of amides is 1. The Bertz CT molecular complexity index is 737. The number of hydrogen-bond acceptors (Lipinski definition) is 2. The number of halogens is 1. The van der Waals surface area contributed by atoms with Gasteiger partial charge < -0.3 is 10.1 Å². The van der Waals surface area contributed by atoms with Crippen LogP contribution in [0.1, 0.15) is 11.1 Å². The molecule has 1 heterocycles. The number of hydrogen-bond donors (Lipinski definition) is 1. The van der Waals surface area contributed by atoms with E-state index in [2.05, 4.69) is 5.32 Å². The maximum absolute atomic E-state index is 12.3. The monoisotopic (exact) mass is 299 g/mol. The van der Waals surface area contributed by atoms with Gasteiger partial charge in [-0.15, -0.1) is 0 Å². The van der Waals surface area contributed by atoms with Crippen LogP contribution in [0, 0.1) is 6.92 Å². The number of benzene rings is 2. The van der Waals surface area contributed by atoms with Crippen LogP contribution in [0.4, 0.5) is 5.69 Å². The minimum Gasteiger partial charge on any atom is -0.488 e. The van der Waals surface area contributed by atoms with E-state index in [9.17, 15) is 4.79 Å². The zero-order valence-corrected chi connectivity index (χ0v) is 12.3. The molecule has 21 heavy (non-hydrogen) atoms. The maximum atomic E-state index is 12.3. The molecule has 106 valence electrons. The van der Waals surface area contributed by atoms with Gasteiger partial charge in [-0.05, 0) is 36.8 Å². The Morgan fingerprint density at radius 3 is 2.86 bits per heavy atom. The topological polar surface area (TPSA) is 38.3 Å². The average Bonchev–Trinajstić information content (AvgIpc) is 2.51. The van der Waals surface area contributed by atoms with Gasteiger partial charge in [-0.2, -0.15) is 0 Å². The molecule has 0 fully saturated rings. The first kappa shape index (κ1) is 13.7. The summed E-state index contributed by atoms with van der Waals surface area (Å²) in [5.74, 6) is 0.628. The van der Waals surface area contributed by atoms with E-state index in [4.69, 9.17) is 16.3 Å². The van der Waals surface area contributed by atoms with Crippen LogP contribution in [0.3, 0.4) is 0 Å². The summed E-state index contributed by atoms with van der Waals surface area (Å²) >= 11 is 6.06. The van der Waals surface area contributed by atoms with E-state index in [1.807, 2.05) is 49.4 Å². The Labute approximate surface area is 128 Å². The predicted octanol–water partition coefficient (Wildman–Crippen LogP) is 4.06. The van der Waals surface area contributed by atoms with Gasteiger partial charge in [0.2, 0.25) is 0 Å². The van der Waals surface area contributed by atoms with Crippen LogP contribution in [0.15, 0.2) is 48.0 Å². The predicted molar refractivity (Wildman–Crippen MR) is 84.7 cm³/mol. The van der Waals surface area contributed by atoms with Crippen LogP contribution in [-0.4, -0.2) is 12.5 Å². The summed E-state index contributed by atoms with van der Waals surface area (Å²) in [5, 5.41) is 3.51. The molecule has 0 atom stereocenters. The summed E-state index contributed by atoms with van der Waals surface area (Å²) in [6.45, 7) is 2.14. The molecule has 2 aromatic rings. The van der Waals surface area contributed by atoms with E-state index >= 15 is 0 Å². The molecule has 0 aliphatic carbocycles.